The number of benzene rings is 9. The Labute approximate surface area is 353 Å². The molecule has 0 aliphatic heterocycles. The monoisotopic (exact) mass is 790 g/mol. The van der Waals surface area contributed by atoms with Gasteiger partial charge in [0, 0.05) is 43.6 Å². The van der Waals surface area contributed by atoms with Crippen LogP contribution in [0.4, 0.5) is 0 Å². The standard InChI is InChI=1S/C56H30N4O2/c57-31-33-26-34(32-58)28-37(27-33)35-10-9-11-36(29-35)39-21-20-38(59-46-16-5-1-14-44(46)53-48(59)24-22-42-40-12-3-7-18-51(40)61-55(42)53)30-50(39)60-47-17-6-2-15-45(47)54-49(60)25-23-43-41-13-4-8-19-52(41)62-56(43)54/h1-30H. The highest BCUT2D eigenvalue weighted by atomic mass is 16.3. The molecule has 0 bridgehead atoms. The third-order valence-corrected chi connectivity index (χ3v) is 12.5. The van der Waals surface area contributed by atoms with Gasteiger partial charge in [-0.05, 0) is 102 Å². The summed E-state index contributed by atoms with van der Waals surface area (Å²) in [7, 11) is 0. The fraction of sp³-hybridized carbons (Fsp3) is 0. The Morgan fingerprint density at radius 3 is 1.52 bits per heavy atom. The first-order valence-corrected chi connectivity index (χ1v) is 20.5. The van der Waals surface area contributed by atoms with E-state index in [4.69, 9.17) is 8.83 Å². The molecule has 286 valence electrons. The Kier molecular flexibility index (Phi) is 7.05. The quantitative estimate of drug-likeness (QED) is 0.178. The summed E-state index contributed by atoms with van der Waals surface area (Å²) in [4.78, 5) is 0. The summed E-state index contributed by atoms with van der Waals surface area (Å²) < 4.78 is 18.1. The molecular weight excluding hydrogens is 761 g/mol. The SMILES string of the molecule is N#Cc1cc(C#N)cc(-c2cccc(-c3ccc(-n4c5ccccc5c5c6oc7ccccc7c6ccc54)cc3-n3c4ccccc4c4c5oc6ccccc6c5ccc43)c2)c1. The minimum atomic E-state index is 0.447. The van der Waals surface area contributed by atoms with E-state index in [0.29, 0.717) is 11.1 Å². The van der Waals surface area contributed by atoms with E-state index in [2.05, 4.69) is 149 Å². The van der Waals surface area contributed by atoms with Crippen LogP contribution in [0, 0.1) is 22.7 Å². The third-order valence-electron chi connectivity index (χ3n) is 12.5. The van der Waals surface area contributed by atoms with Crippen molar-refractivity contribution in [2.45, 2.75) is 0 Å². The van der Waals surface area contributed by atoms with Crippen LogP contribution < -0.4 is 0 Å². The van der Waals surface area contributed by atoms with Gasteiger partial charge in [-0.15, -0.1) is 0 Å². The lowest BCUT2D eigenvalue weighted by Gasteiger charge is -2.18. The summed E-state index contributed by atoms with van der Waals surface area (Å²) in [5, 5.41) is 28.4. The van der Waals surface area contributed by atoms with Gasteiger partial charge in [-0.25, -0.2) is 0 Å². The van der Waals surface area contributed by atoms with Crippen LogP contribution in [0.25, 0.3) is 121 Å². The second-order valence-electron chi connectivity index (χ2n) is 15.9. The second kappa shape index (κ2) is 12.8. The molecule has 0 aliphatic carbocycles. The van der Waals surface area contributed by atoms with Crippen LogP contribution in [-0.2, 0) is 0 Å². The van der Waals surface area contributed by atoms with Gasteiger partial charge < -0.3 is 18.0 Å². The lowest BCUT2D eigenvalue weighted by atomic mass is 9.95. The summed E-state index contributed by atoms with van der Waals surface area (Å²) >= 11 is 0. The van der Waals surface area contributed by atoms with Crippen molar-refractivity contribution in [1.82, 2.24) is 9.13 Å². The second-order valence-corrected chi connectivity index (χ2v) is 15.9. The maximum absolute atomic E-state index is 9.83. The lowest BCUT2D eigenvalue weighted by molar-refractivity contribution is 0.672. The van der Waals surface area contributed by atoms with Crippen molar-refractivity contribution in [2.24, 2.45) is 0 Å². The highest BCUT2D eigenvalue weighted by molar-refractivity contribution is 6.25. The van der Waals surface area contributed by atoms with Crippen LogP contribution in [0.5, 0.6) is 0 Å². The molecule has 4 aromatic heterocycles. The van der Waals surface area contributed by atoms with Crippen molar-refractivity contribution in [3.8, 4) is 45.8 Å². The van der Waals surface area contributed by atoms with Crippen LogP contribution in [0.2, 0.25) is 0 Å². The van der Waals surface area contributed by atoms with Crippen molar-refractivity contribution in [3.63, 3.8) is 0 Å². The van der Waals surface area contributed by atoms with Gasteiger partial charge in [0.15, 0.2) is 0 Å². The first-order valence-electron chi connectivity index (χ1n) is 20.5. The summed E-state index contributed by atoms with van der Waals surface area (Å²) in [5.74, 6) is 0. The third kappa shape index (κ3) is 4.78. The van der Waals surface area contributed by atoms with Crippen molar-refractivity contribution >= 4 is 87.5 Å². The molecule has 13 aromatic rings. The van der Waals surface area contributed by atoms with Gasteiger partial charge in [-0.3, -0.25) is 0 Å². The largest absolute Gasteiger partial charge is 0.455 e. The maximum atomic E-state index is 9.83. The van der Waals surface area contributed by atoms with Crippen LogP contribution in [-0.4, -0.2) is 9.13 Å². The van der Waals surface area contributed by atoms with Crippen molar-refractivity contribution in [2.75, 3.05) is 0 Å². The van der Waals surface area contributed by atoms with Crippen LogP contribution in [0.1, 0.15) is 11.1 Å². The molecule has 0 N–H and O–H groups in total. The van der Waals surface area contributed by atoms with Gasteiger partial charge >= 0.3 is 0 Å². The predicted octanol–water partition coefficient (Wildman–Crippen LogP) is 14.8. The van der Waals surface area contributed by atoms with Crippen LogP contribution in [0.15, 0.2) is 191 Å². The van der Waals surface area contributed by atoms with Gasteiger partial charge in [0.2, 0.25) is 0 Å². The molecule has 0 fully saturated rings. The predicted molar refractivity (Wildman–Crippen MR) is 250 cm³/mol. The highest BCUT2D eigenvalue weighted by Gasteiger charge is 2.23. The molecular formula is C56H30N4O2. The zero-order chi connectivity index (χ0) is 41.1. The van der Waals surface area contributed by atoms with Gasteiger partial charge in [0.05, 0.1) is 61.8 Å². The molecule has 0 spiro atoms. The average Bonchev–Trinajstić information content (AvgIpc) is 4.09. The van der Waals surface area contributed by atoms with Crippen LogP contribution in [0.3, 0.4) is 0 Å². The smallest absolute Gasteiger partial charge is 0.145 e. The van der Waals surface area contributed by atoms with E-state index in [9.17, 15) is 10.5 Å². The fourth-order valence-corrected chi connectivity index (χ4v) is 9.89. The number of hydrogen-bond donors (Lipinski definition) is 0. The molecule has 9 aromatic carbocycles. The Hall–Kier alpha value is -8.84. The van der Waals surface area contributed by atoms with Gasteiger partial charge in [0.1, 0.15) is 22.3 Å². The molecule has 0 atom stereocenters. The number of hydrogen-bond acceptors (Lipinski definition) is 4. The molecule has 13 rings (SSSR count). The first kappa shape index (κ1) is 34.1. The Balaban J connectivity index is 1.13. The average molecular weight is 791 g/mol. The Morgan fingerprint density at radius 2 is 0.903 bits per heavy atom. The fourth-order valence-electron chi connectivity index (χ4n) is 9.89. The van der Waals surface area contributed by atoms with Gasteiger partial charge in [-0.1, -0.05) is 97.1 Å². The first-order chi connectivity index (χ1) is 30.6. The lowest BCUT2D eigenvalue weighted by Crippen LogP contribution is -2.01. The van der Waals surface area contributed by atoms with Gasteiger partial charge in [0.25, 0.3) is 0 Å². The zero-order valence-corrected chi connectivity index (χ0v) is 32.9. The molecule has 0 amide bonds. The normalized spacial score (nSPS) is 11.8. The maximum Gasteiger partial charge on any atom is 0.145 e. The molecule has 62 heavy (non-hydrogen) atoms. The highest BCUT2D eigenvalue weighted by Crippen LogP contribution is 2.45. The number of nitriles is 2. The van der Waals surface area contributed by atoms with Crippen molar-refractivity contribution in [1.29, 1.82) is 10.5 Å². The molecule has 0 aliphatic rings. The molecule has 6 nitrogen and oxygen atoms in total. The Bertz CT molecular complexity index is 4110. The number of rotatable bonds is 4. The summed E-state index contributed by atoms with van der Waals surface area (Å²) in [5.41, 5.74) is 14.3. The molecule has 0 saturated carbocycles. The van der Waals surface area contributed by atoms with E-state index in [1.54, 1.807) is 6.07 Å². The van der Waals surface area contributed by atoms with E-state index < -0.39 is 0 Å². The summed E-state index contributed by atoms with van der Waals surface area (Å²) in [6, 6.07) is 67.3. The molecule has 0 unspecified atom stereocenters. The van der Waals surface area contributed by atoms with E-state index >= 15 is 0 Å². The number of nitrogens with zero attached hydrogens (tertiary/aromatic N) is 4. The van der Waals surface area contributed by atoms with Crippen LogP contribution >= 0.6 is 0 Å². The molecule has 0 saturated heterocycles. The van der Waals surface area contributed by atoms with E-state index in [1.165, 1.54) is 0 Å². The minimum Gasteiger partial charge on any atom is -0.455 e. The number of aromatic nitrogens is 2. The zero-order valence-electron chi connectivity index (χ0n) is 32.9. The number of para-hydroxylation sites is 4. The van der Waals surface area contributed by atoms with E-state index in [-0.39, 0.29) is 0 Å². The van der Waals surface area contributed by atoms with Gasteiger partial charge in [-0.2, -0.15) is 10.5 Å². The summed E-state index contributed by atoms with van der Waals surface area (Å²) in [6.45, 7) is 0. The topological polar surface area (TPSA) is 83.7 Å². The van der Waals surface area contributed by atoms with E-state index in [1.807, 2.05) is 48.5 Å². The number of furan rings is 2. The van der Waals surface area contributed by atoms with E-state index in [0.717, 1.165) is 121 Å². The molecule has 4 heterocycles. The number of fused-ring (bicyclic) bond motifs is 14. The minimum absolute atomic E-state index is 0.447. The molecule has 0 radical (unpaired) electrons. The Morgan fingerprint density at radius 1 is 0.371 bits per heavy atom. The summed E-state index contributed by atoms with van der Waals surface area (Å²) in [6.07, 6.45) is 0. The van der Waals surface area contributed by atoms with Crippen molar-refractivity contribution in [3.05, 3.63) is 193 Å². The molecule has 6 heteroatoms. The van der Waals surface area contributed by atoms with Crippen molar-refractivity contribution < 1.29 is 8.83 Å².